The summed E-state index contributed by atoms with van der Waals surface area (Å²) in [4.78, 5) is -1.18. The van der Waals surface area contributed by atoms with Crippen molar-refractivity contribution in [2.75, 3.05) is 11.8 Å². The molecule has 1 N–H and O–H groups in total. The lowest BCUT2D eigenvalue weighted by Crippen LogP contribution is -2.16. The minimum absolute atomic E-state index is 0.0738. The maximum absolute atomic E-state index is 13.6. The van der Waals surface area contributed by atoms with E-state index < -0.39 is 38.9 Å². The van der Waals surface area contributed by atoms with Crippen LogP contribution in [-0.2, 0) is 10.0 Å². The van der Waals surface area contributed by atoms with Gasteiger partial charge in [0.15, 0.2) is 16.4 Å². The van der Waals surface area contributed by atoms with Gasteiger partial charge in [-0.05, 0) is 24.3 Å². The third kappa shape index (κ3) is 3.88. The minimum Gasteiger partial charge on any atom is -0.493 e. The maximum Gasteiger partial charge on any atom is 0.387 e. The van der Waals surface area contributed by atoms with E-state index in [1.54, 1.807) is 0 Å². The Morgan fingerprint density at radius 3 is 2.21 bits per heavy atom. The van der Waals surface area contributed by atoms with Crippen molar-refractivity contribution in [3.63, 3.8) is 0 Å². The molecule has 0 atom stereocenters. The fourth-order valence-corrected chi connectivity index (χ4v) is 3.06. The van der Waals surface area contributed by atoms with Crippen LogP contribution in [-0.4, -0.2) is 22.1 Å². The van der Waals surface area contributed by atoms with Gasteiger partial charge in [-0.3, -0.25) is 4.72 Å². The molecule has 0 aliphatic carbocycles. The Bertz CT molecular complexity index is 822. The van der Waals surface area contributed by atoms with Crippen molar-refractivity contribution >= 4 is 15.7 Å². The monoisotopic (exact) mass is 365 g/mol. The molecule has 0 aromatic heterocycles. The largest absolute Gasteiger partial charge is 0.493 e. The Morgan fingerprint density at radius 1 is 1.04 bits per heavy atom. The smallest absolute Gasteiger partial charge is 0.387 e. The average Bonchev–Trinajstić information content (AvgIpc) is 2.46. The first-order valence-corrected chi connectivity index (χ1v) is 7.82. The molecule has 2 rings (SSSR count). The van der Waals surface area contributed by atoms with Gasteiger partial charge in [0.1, 0.15) is 11.6 Å². The summed E-state index contributed by atoms with van der Waals surface area (Å²) in [5, 5.41) is 0. The first kappa shape index (κ1) is 17.9. The number of alkyl halides is 2. The first-order valence-electron chi connectivity index (χ1n) is 6.34. The molecule has 2 aromatic carbocycles. The number of halogens is 4. The molecule has 0 unspecified atom stereocenters. The van der Waals surface area contributed by atoms with Crippen LogP contribution >= 0.6 is 0 Å². The van der Waals surface area contributed by atoms with E-state index in [1.165, 1.54) is 7.11 Å². The molecule has 0 spiro atoms. The zero-order valence-corrected chi connectivity index (χ0v) is 12.9. The molecular weight excluding hydrogens is 354 g/mol. The highest BCUT2D eigenvalue weighted by Crippen LogP contribution is 2.32. The van der Waals surface area contributed by atoms with Gasteiger partial charge >= 0.3 is 6.61 Å². The number of methoxy groups -OCH3 is 1. The predicted molar refractivity (Wildman–Crippen MR) is 76.8 cm³/mol. The summed E-state index contributed by atoms with van der Waals surface area (Å²) >= 11 is 0. The van der Waals surface area contributed by atoms with E-state index in [0.29, 0.717) is 0 Å². The van der Waals surface area contributed by atoms with E-state index in [9.17, 15) is 26.0 Å². The molecule has 0 bridgehead atoms. The number of anilines is 1. The number of benzene rings is 2. The van der Waals surface area contributed by atoms with Crippen molar-refractivity contribution in [3.05, 3.63) is 48.0 Å². The predicted octanol–water partition coefficient (Wildman–Crippen LogP) is 3.38. The van der Waals surface area contributed by atoms with Crippen molar-refractivity contribution in [1.29, 1.82) is 0 Å². The van der Waals surface area contributed by atoms with Crippen LogP contribution in [0.25, 0.3) is 0 Å². The molecular formula is C14H11F4NO4S. The summed E-state index contributed by atoms with van der Waals surface area (Å²) in [7, 11) is -3.42. The lowest BCUT2D eigenvalue weighted by molar-refractivity contribution is -0.0511. The lowest BCUT2D eigenvalue weighted by Gasteiger charge is -2.13. The van der Waals surface area contributed by atoms with Gasteiger partial charge in [0.2, 0.25) is 0 Å². The average molecular weight is 365 g/mol. The van der Waals surface area contributed by atoms with Crippen molar-refractivity contribution in [2.45, 2.75) is 11.5 Å². The van der Waals surface area contributed by atoms with E-state index in [4.69, 9.17) is 4.74 Å². The standard InChI is InChI=1S/C14H11F4NO4S/c1-22-11-6-5-8(7-12(11)23-14(17)18)19-24(20,21)13-9(15)3-2-4-10(13)16/h2-7,14,19H,1H3. The van der Waals surface area contributed by atoms with Crippen LogP contribution in [0, 0.1) is 11.6 Å². The molecule has 0 saturated heterocycles. The van der Waals surface area contributed by atoms with Gasteiger partial charge in [-0.25, -0.2) is 17.2 Å². The Balaban J connectivity index is 2.40. The molecule has 0 fully saturated rings. The summed E-state index contributed by atoms with van der Waals surface area (Å²) in [6, 6.07) is 5.78. The SMILES string of the molecule is COc1ccc(NS(=O)(=O)c2c(F)cccc2F)cc1OC(F)F. The second-order valence-corrected chi connectivity index (χ2v) is 6.02. The van der Waals surface area contributed by atoms with E-state index in [1.807, 2.05) is 4.72 Å². The van der Waals surface area contributed by atoms with Crippen molar-refractivity contribution in [3.8, 4) is 11.5 Å². The molecule has 5 nitrogen and oxygen atoms in total. The molecule has 0 amide bonds. The van der Waals surface area contributed by atoms with E-state index in [2.05, 4.69) is 4.74 Å². The highest BCUT2D eigenvalue weighted by Gasteiger charge is 2.24. The summed E-state index contributed by atoms with van der Waals surface area (Å²) < 4.78 is 87.1. The Hall–Kier alpha value is -2.49. The van der Waals surface area contributed by atoms with Crippen LogP contribution in [0.2, 0.25) is 0 Å². The summed E-state index contributed by atoms with van der Waals surface area (Å²) in [5.41, 5.74) is -0.242. The second kappa shape index (κ2) is 6.95. The third-order valence-corrected chi connectivity index (χ3v) is 4.25. The van der Waals surface area contributed by atoms with Gasteiger partial charge in [-0.1, -0.05) is 6.07 Å². The first-order chi connectivity index (χ1) is 11.2. The number of hydrogen-bond donors (Lipinski definition) is 1. The fraction of sp³-hybridized carbons (Fsp3) is 0.143. The molecule has 24 heavy (non-hydrogen) atoms. The Morgan fingerprint density at radius 2 is 1.67 bits per heavy atom. The van der Waals surface area contributed by atoms with E-state index in [-0.39, 0.29) is 11.4 Å². The molecule has 0 aliphatic rings. The molecule has 130 valence electrons. The quantitative estimate of drug-likeness (QED) is 0.797. The van der Waals surface area contributed by atoms with Crippen LogP contribution in [0.3, 0.4) is 0 Å². The van der Waals surface area contributed by atoms with Crippen molar-refractivity contribution in [1.82, 2.24) is 0 Å². The summed E-state index contributed by atoms with van der Waals surface area (Å²) in [5.74, 6) is -3.10. The van der Waals surface area contributed by atoms with Crippen LogP contribution < -0.4 is 14.2 Å². The minimum atomic E-state index is -4.62. The van der Waals surface area contributed by atoms with Crippen LogP contribution in [0.1, 0.15) is 0 Å². The van der Waals surface area contributed by atoms with Crippen LogP contribution in [0.4, 0.5) is 23.2 Å². The molecule has 0 saturated carbocycles. The lowest BCUT2D eigenvalue weighted by atomic mass is 10.3. The number of rotatable bonds is 6. The molecule has 0 radical (unpaired) electrons. The van der Waals surface area contributed by atoms with Gasteiger partial charge in [-0.2, -0.15) is 8.78 Å². The van der Waals surface area contributed by atoms with Crippen molar-refractivity contribution in [2.24, 2.45) is 0 Å². The van der Waals surface area contributed by atoms with Gasteiger partial charge in [0.25, 0.3) is 10.0 Å². The fourth-order valence-electron chi connectivity index (χ4n) is 1.87. The number of sulfonamides is 1. The summed E-state index contributed by atoms with van der Waals surface area (Å²) in [6.45, 7) is -3.17. The highest BCUT2D eigenvalue weighted by atomic mass is 32.2. The van der Waals surface area contributed by atoms with E-state index in [0.717, 1.165) is 36.4 Å². The summed E-state index contributed by atoms with van der Waals surface area (Å²) in [6.07, 6.45) is 0. The Labute approximate surface area is 134 Å². The van der Waals surface area contributed by atoms with E-state index >= 15 is 0 Å². The zero-order valence-electron chi connectivity index (χ0n) is 12.1. The molecule has 0 aliphatic heterocycles. The third-order valence-electron chi connectivity index (χ3n) is 2.82. The van der Waals surface area contributed by atoms with Gasteiger partial charge in [-0.15, -0.1) is 0 Å². The number of ether oxygens (including phenoxy) is 2. The number of hydrogen-bond acceptors (Lipinski definition) is 4. The molecule has 10 heteroatoms. The van der Waals surface area contributed by atoms with Gasteiger partial charge in [0.05, 0.1) is 12.8 Å². The Kier molecular flexibility index (Phi) is 5.17. The van der Waals surface area contributed by atoms with Crippen LogP contribution in [0.15, 0.2) is 41.3 Å². The topological polar surface area (TPSA) is 64.6 Å². The zero-order chi connectivity index (χ0) is 17.9. The number of nitrogens with one attached hydrogen (secondary N) is 1. The van der Waals surface area contributed by atoms with Crippen molar-refractivity contribution < 1.29 is 35.5 Å². The van der Waals surface area contributed by atoms with Gasteiger partial charge in [0, 0.05) is 6.07 Å². The molecule has 2 aromatic rings. The maximum atomic E-state index is 13.6. The highest BCUT2D eigenvalue weighted by molar-refractivity contribution is 7.92. The van der Waals surface area contributed by atoms with Gasteiger partial charge < -0.3 is 9.47 Å². The molecule has 0 heterocycles. The second-order valence-electron chi connectivity index (χ2n) is 4.40. The van der Waals surface area contributed by atoms with Crippen LogP contribution in [0.5, 0.6) is 11.5 Å². The normalized spacial score (nSPS) is 11.4.